The second-order valence-corrected chi connectivity index (χ2v) is 9.68. The maximum atomic E-state index is 15.5. The fourth-order valence-corrected chi connectivity index (χ4v) is 4.65. The molecule has 5 rings (SSSR count). The van der Waals surface area contributed by atoms with Crippen LogP contribution in [0.3, 0.4) is 0 Å². The van der Waals surface area contributed by atoms with Gasteiger partial charge >= 0.3 is 0 Å². The maximum Gasteiger partial charge on any atom is 0.215 e. The number of hydrogen-bond acceptors (Lipinski definition) is 6. The van der Waals surface area contributed by atoms with Crippen LogP contribution in [-0.2, 0) is 0 Å². The highest BCUT2D eigenvalue weighted by molar-refractivity contribution is 9.10. The van der Waals surface area contributed by atoms with Crippen LogP contribution in [0.2, 0.25) is 0 Å². The van der Waals surface area contributed by atoms with Gasteiger partial charge < -0.3 is 20.2 Å². The van der Waals surface area contributed by atoms with E-state index in [0.717, 1.165) is 11.1 Å². The number of nitrogens with one attached hydrogen (secondary N) is 1. The van der Waals surface area contributed by atoms with E-state index in [4.69, 9.17) is 15.2 Å². The zero-order valence-corrected chi connectivity index (χ0v) is 23.0. The molecule has 3 aromatic carbocycles. The molecule has 202 valence electrons. The summed E-state index contributed by atoms with van der Waals surface area (Å²) >= 11 is 3.19. The Morgan fingerprint density at radius 1 is 0.850 bits per heavy atom. The van der Waals surface area contributed by atoms with E-state index >= 15 is 4.48 Å². The number of nitrogen functional groups attached to an aromatic ring is 1. The van der Waals surface area contributed by atoms with Crippen LogP contribution in [0, 0.1) is 5.82 Å². The second kappa shape index (κ2) is 11.2. The van der Waals surface area contributed by atoms with Gasteiger partial charge in [-0.3, -0.25) is 4.79 Å². The second-order valence-electron chi connectivity index (χ2n) is 8.76. The number of methoxy groups -OCH3 is 2. The summed E-state index contributed by atoms with van der Waals surface area (Å²) in [5, 5.41) is 0.255. The Bertz CT molecular complexity index is 1760. The number of aromatic nitrogens is 2. The first-order valence-corrected chi connectivity index (χ1v) is 12.8. The van der Waals surface area contributed by atoms with E-state index in [1.165, 1.54) is 36.7 Å². The van der Waals surface area contributed by atoms with E-state index in [2.05, 4.69) is 25.9 Å². The number of rotatable bonds is 7. The average molecular weight is 605 g/mol. The first kappa shape index (κ1) is 26.9. The lowest BCUT2D eigenvalue weighted by atomic mass is 10.0. The Balaban J connectivity index is 1.46. The highest BCUT2D eigenvalue weighted by Gasteiger charge is 2.18. The van der Waals surface area contributed by atoms with Gasteiger partial charge in [0.15, 0.2) is 11.5 Å². The number of ether oxygens (including phenoxy) is 2. The maximum absolute atomic E-state index is 15.5. The van der Waals surface area contributed by atoms with E-state index in [1.807, 2.05) is 18.2 Å². The molecule has 0 bridgehead atoms. The van der Waals surface area contributed by atoms with Gasteiger partial charge in [-0.2, -0.15) is 5.12 Å². The van der Waals surface area contributed by atoms with Crippen LogP contribution in [0.1, 0.15) is 0 Å². The molecule has 0 aliphatic rings. The fourth-order valence-electron chi connectivity index (χ4n) is 4.32. The molecule has 2 aromatic heterocycles. The van der Waals surface area contributed by atoms with Gasteiger partial charge in [0.25, 0.3) is 0 Å². The van der Waals surface area contributed by atoms with Gasteiger partial charge in [-0.05, 0) is 53.6 Å². The van der Waals surface area contributed by atoms with Gasteiger partial charge in [-0.25, -0.2) is 9.37 Å². The largest absolute Gasteiger partial charge is 0.493 e. The normalized spacial score (nSPS) is 10.8. The summed E-state index contributed by atoms with van der Waals surface area (Å²) in [6, 6.07) is 18.1. The molecule has 0 saturated carbocycles. The molecule has 40 heavy (non-hydrogen) atoms. The Hall–Kier alpha value is -4.70. The van der Waals surface area contributed by atoms with Crippen molar-refractivity contribution in [2.45, 2.75) is 0 Å². The van der Waals surface area contributed by atoms with Crippen LogP contribution in [-0.4, -0.2) is 24.2 Å². The van der Waals surface area contributed by atoms with Crippen LogP contribution >= 0.6 is 15.9 Å². The Kier molecular flexibility index (Phi) is 7.52. The summed E-state index contributed by atoms with van der Waals surface area (Å²) in [7, 11) is 3.13. The molecule has 0 radical (unpaired) electrons. The molecular weight excluding hydrogens is 582 g/mol. The quantitative estimate of drug-likeness (QED) is 0.189. The first-order valence-electron chi connectivity index (χ1n) is 12.0. The van der Waals surface area contributed by atoms with Crippen molar-refractivity contribution in [2.75, 3.05) is 25.1 Å². The van der Waals surface area contributed by atoms with E-state index in [0.29, 0.717) is 32.9 Å². The minimum atomic E-state index is -0.664. The van der Waals surface area contributed by atoms with Crippen LogP contribution in [0.25, 0.3) is 33.4 Å². The third kappa shape index (κ3) is 5.13. The number of nitrogens with two attached hydrogens (primary N) is 1. The van der Waals surface area contributed by atoms with Gasteiger partial charge in [-0.1, -0.05) is 44.7 Å². The number of pyridine rings is 2. The van der Waals surface area contributed by atoms with Crippen LogP contribution in [0.15, 0.2) is 94.6 Å². The van der Waals surface area contributed by atoms with Crippen molar-refractivity contribution in [3.05, 3.63) is 106 Å². The SMILES string of the molecule is COc1ccc(-c2cnc(N)c(-c3ccc(N(F)c4c[nH]cc(-c5ccc(Br)cc5F)c4=O)cc3)c2)cc1OC. The first-order chi connectivity index (χ1) is 19.3. The predicted octanol–water partition coefficient (Wildman–Crippen LogP) is 7.29. The minimum Gasteiger partial charge on any atom is -0.493 e. The zero-order chi connectivity index (χ0) is 28.4. The van der Waals surface area contributed by atoms with Crippen LogP contribution in [0.4, 0.5) is 26.1 Å². The predicted molar refractivity (Wildman–Crippen MR) is 156 cm³/mol. The van der Waals surface area contributed by atoms with Crippen molar-refractivity contribution in [3.63, 3.8) is 0 Å². The fraction of sp³-hybridized carbons (Fsp3) is 0.0667. The van der Waals surface area contributed by atoms with Gasteiger partial charge in [0.05, 0.1) is 25.5 Å². The standard InChI is InChI=1S/C30H23BrF2N4O3/c1-39-27-10-5-18(12-28(27)40-2)19-11-23(30(34)36-14-19)17-3-7-21(8-4-17)37(33)26-16-35-15-24(29(26)38)22-9-6-20(31)13-25(22)32/h3-16H,1-2H3,(H2,34,36)(H,35,38). The highest BCUT2D eigenvalue weighted by Crippen LogP contribution is 2.36. The lowest BCUT2D eigenvalue weighted by Crippen LogP contribution is -2.17. The molecule has 10 heteroatoms. The van der Waals surface area contributed by atoms with Crippen molar-refractivity contribution in [3.8, 4) is 44.9 Å². The Labute approximate surface area is 236 Å². The third-order valence-electron chi connectivity index (χ3n) is 6.40. The lowest BCUT2D eigenvalue weighted by Gasteiger charge is -2.15. The van der Waals surface area contributed by atoms with Gasteiger partial charge in [0, 0.05) is 39.8 Å². The summed E-state index contributed by atoms with van der Waals surface area (Å²) in [4.78, 5) is 20.2. The zero-order valence-electron chi connectivity index (χ0n) is 21.4. The number of anilines is 3. The molecule has 0 spiro atoms. The smallest absolute Gasteiger partial charge is 0.215 e. The van der Waals surface area contributed by atoms with Gasteiger partial charge in [0.2, 0.25) is 5.43 Å². The molecule has 0 unspecified atom stereocenters. The molecular formula is C30H23BrF2N4O3. The van der Waals surface area contributed by atoms with E-state index in [-0.39, 0.29) is 27.6 Å². The summed E-state index contributed by atoms with van der Waals surface area (Å²) in [5.41, 5.74) is 8.39. The minimum absolute atomic E-state index is 0.00703. The van der Waals surface area contributed by atoms with Crippen molar-refractivity contribution in [1.29, 1.82) is 0 Å². The number of benzene rings is 3. The van der Waals surface area contributed by atoms with E-state index < -0.39 is 11.2 Å². The van der Waals surface area contributed by atoms with Crippen LogP contribution in [0.5, 0.6) is 11.5 Å². The van der Waals surface area contributed by atoms with Gasteiger partial charge in [-0.15, -0.1) is 0 Å². The molecule has 0 atom stereocenters. The lowest BCUT2D eigenvalue weighted by molar-refractivity contribution is 0.355. The molecule has 2 heterocycles. The molecule has 0 fully saturated rings. The number of H-pyrrole nitrogens is 1. The summed E-state index contributed by atoms with van der Waals surface area (Å²) in [5.74, 6) is 0.878. The number of nitrogens with zero attached hydrogens (tertiary/aromatic N) is 2. The Morgan fingerprint density at radius 3 is 2.27 bits per heavy atom. The molecule has 0 aliphatic carbocycles. The summed E-state index contributed by atoms with van der Waals surface area (Å²) in [6.07, 6.45) is 4.23. The number of halogens is 3. The summed E-state index contributed by atoms with van der Waals surface area (Å²) in [6.45, 7) is 0. The van der Waals surface area contributed by atoms with Crippen molar-refractivity contribution in [1.82, 2.24) is 9.97 Å². The van der Waals surface area contributed by atoms with Crippen LogP contribution < -0.4 is 25.8 Å². The Morgan fingerprint density at radius 2 is 1.57 bits per heavy atom. The van der Waals surface area contributed by atoms with Crippen molar-refractivity contribution >= 4 is 33.1 Å². The topological polar surface area (TPSA) is 93.5 Å². The summed E-state index contributed by atoms with van der Waals surface area (Å²) < 4.78 is 41.2. The van der Waals surface area contributed by atoms with E-state index in [9.17, 15) is 9.18 Å². The van der Waals surface area contributed by atoms with Crippen molar-refractivity contribution < 1.29 is 18.3 Å². The molecule has 5 aromatic rings. The molecule has 0 saturated heterocycles. The van der Waals surface area contributed by atoms with E-state index in [1.54, 1.807) is 44.7 Å². The number of hydrogen-bond donors (Lipinski definition) is 2. The highest BCUT2D eigenvalue weighted by atomic mass is 79.9. The average Bonchev–Trinajstić information content (AvgIpc) is 2.97. The monoisotopic (exact) mass is 604 g/mol. The number of aromatic amines is 1. The molecule has 3 N–H and O–H groups in total. The third-order valence-corrected chi connectivity index (χ3v) is 6.89. The molecule has 0 aliphatic heterocycles. The van der Waals surface area contributed by atoms with Crippen molar-refractivity contribution in [2.24, 2.45) is 0 Å². The molecule has 7 nitrogen and oxygen atoms in total. The molecule has 0 amide bonds. The van der Waals surface area contributed by atoms with Gasteiger partial charge in [0.1, 0.15) is 17.3 Å².